The molecule has 1 N–H and O–H groups in total. The van der Waals surface area contributed by atoms with Gasteiger partial charge < -0.3 is 19.6 Å². The number of rotatable bonds is 5. The minimum absolute atomic E-state index is 0.149. The van der Waals surface area contributed by atoms with Crippen LogP contribution < -0.4 is 0 Å². The number of aliphatic hydroxyl groups is 1. The molecule has 3 atom stereocenters. The molecule has 4 rings (SSSR count). The van der Waals surface area contributed by atoms with Crippen LogP contribution in [-0.2, 0) is 11.3 Å². The molecular weight excluding hydrogens is 523 g/mol. The predicted molar refractivity (Wildman–Crippen MR) is 151 cm³/mol. The highest BCUT2D eigenvalue weighted by atomic mass is 35.5. The average Bonchev–Trinajstić information content (AvgIpc) is 2.93. The third-order valence-corrected chi connectivity index (χ3v) is 7.44. The molecule has 200 valence electrons. The maximum absolute atomic E-state index is 13.9. The summed E-state index contributed by atoms with van der Waals surface area (Å²) in [5, 5.41) is 10.8. The molecule has 0 spiro atoms. The Balaban J connectivity index is 1.70. The van der Waals surface area contributed by atoms with E-state index in [1.54, 1.807) is 35.0 Å². The molecule has 1 heterocycles. The van der Waals surface area contributed by atoms with Crippen LogP contribution in [0.4, 0.5) is 0 Å². The van der Waals surface area contributed by atoms with Crippen molar-refractivity contribution >= 4 is 35.0 Å². The van der Waals surface area contributed by atoms with E-state index in [1.165, 1.54) is 0 Å². The van der Waals surface area contributed by atoms with Crippen molar-refractivity contribution in [2.24, 2.45) is 5.92 Å². The van der Waals surface area contributed by atoms with Crippen LogP contribution in [0.15, 0.2) is 66.7 Å². The number of amides is 2. The highest BCUT2D eigenvalue weighted by Gasteiger charge is 2.31. The molecule has 0 bridgehead atoms. The molecule has 0 aliphatic carbocycles. The number of benzene rings is 3. The van der Waals surface area contributed by atoms with Crippen molar-refractivity contribution < 1.29 is 19.4 Å². The lowest BCUT2D eigenvalue weighted by atomic mass is 9.94. The Morgan fingerprint density at radius 2 is 1.66 bits per heavy atom. The minimum Gasteiger partial charge on any atom is -0.394 e. The number of hydrogen-bond acceptors (Lipinski definition) is 4. The molecule has 6 nitrogen and oxygen atoms in total. The zero-order valence-corrected chi connectivity index (χ0v) is 23.2. The third-order valence-electron chi connectivity index (χ3n) is 7.00. The third kappa shape index (κ3) is 6.21. The number of fused-ring (bicyclic) bond motifs is 3. The fourth-order valence-electron chi connectivity index (χ4n) is 4.80. The first kappa shape index (κ1) is 28.1. The average molecular weight is 556 g/mol. The van der Waals surface area contributed by atoms with Crippen LogP contribution >= 0.6 is 23.2 Å². The molecule has 0 saturated heterocycles. The molecule has 3 aromatic rings. The Labute approximate surface area is 233 Å². The second-order valence-corrected chi connectivity index (χ2v) is 10.7. The summed E-state index contributed by atoms with van der Waals surface area (Å²) in [4.78, 5) is 30.4. The Morgan fingerprint density at radius 3 is 2.32 bits per heavy atom. The summed E-state index contributed by atoms with van der Waals surface area (Å²) >= 11 is 12.2. The van der Waals surface area contributed by atoms with Gasteiger partial charge in [-0.25, -0.2) is 0 Å². The van der Waals surface area contributed by atoms with Crippen LogP contribution in [0.25, 0.3) is 11.1 Å². The molecule has 2 amide bonds. The Hall–Kier alpha value is -2.90. The number of aliphatic hydroxyl groups excluding tert-OH is 1. The number of carbonyl (C=O) groups excluding carboxylic acids is 2. The fourth-order valence-corrected chi connectivity index (χ4v) is 5.33. The molecule has 1 aliphatic rings. The van der Waals surface area contributed by atoms with Crippen LogP contribution in [0.3, 0.4) is 0 Å². The number of hydrogen-bond donors (Lipinski definition) is 1. The highest BCUT2D eigenvalue weighted by molar-refractivity contribution is 6.35. The molecule has 1 aliphatic heterocycles. The van der Waals surface area contributed by atoms with Gasteiger partial charge in [-0.1, -0.05) is 72.6 Å². The second-order valence-electron chi connectivity index (χ2n) is 9.86. The standard InChI is InChI=1S/C30H32Cl2N2O4/c1-19-15-34(20(2)17-35)30(37)27-11-7-6-10-26(27)25-9-5-4-8-21(25)18-38-28(19)16-33(3)29(36)22-12-23(31)14-24(32)13-22/h4-14,19-20,28,35H,15-18H2,1-3H3/t19-,20+,28-/m1/s1. The van der Waals surface area contributed by atoms with Crippen LogP contribution in [0.1, 0.15) is 40.1 Å². The van der Waals surface area contributed by atoms with E-state index in [2.05, 4.69) is 0 Å². The van der Waals surface area contributed by atoms with Crippen LogP contribution in [-0.4, -0.2) is 65.6 Å². The summed E-state index contributed by atoms with van der Waals surface area (Å²) in [6, 6.07) is 19.8. The minimum atomic E-state index is -0.400. The molecule has 0 unspecified atom stereocenters. The van der Waals surface area contributed by atoms with Gasteiger partial charge in [-0.05, 0) is 47.9 Å². The van der Waals surface area contributed by atoms with E-state index in [0.717, 1.165) is 16.7 Å². The molecule has 0 radical (unpaired) electrons. The monoisotopic (exact) mass is 554 g/mol. The number of halogens is 2. The largest absolute Gasteiger partial charge is 0.394 e. The summed E-state index contributed by atoms with van der Waals surface area (Å²) in [5.41, 5.74) is 3.66. The lowest BCUT2D eigenvalue weighted by Crippen LogP contribution is -2.47. The summed E-state index contributed by atoms with van der Waals surface area (Å²) < 4.78 is 6.48. The predicted octanol–water partition coefficient (Wildman–Crippen LogP) is 5.79. The van der Waals surface area contributed by atoms with Crippen molar-refractivity contribution in [2.45, 2.75) is 32.6 Å². The Bertz CT molecular complexity index is 1290. The number of carbonyl (C=O) groups is 2. The van der Waals surface area contributed by atoms with Gasteiger partial charge in [0.15, 0.2) is 0 Å². The van der Waals surface area contributed by atoms with E-state index >= 15 is 0 Å². The molecule has 0 saturated carbocycles. The van der Waals surface area contributed by atoms with E-state index in [0.29, 0.717) is 34.3 Å². The highest BCUT2D eigenvalue weighted by Crippen LogP contribution is 2.31. The van der Waals surface area contributed by atoms with Gasteiger partial charge in [-0.2, -0.15) is 0 Å². The van der Waals surface area contributed by atoms with Gasteiger partial charge in [0.25, 0.3) is 11.8 Å². The van der Waals surface area contributed by atoms with E-state index in [-0.39, 0.29) is 30.9 Å². The lowest BCUT2D eigenvalue weighted by Gasteiger charge is -2.35. The second kappa shape index (κ2) is 12.3. The number of ether oxygens (including phenoxy) is 1. The first-order chi connectivity index (χ1) is 18.2. The van der Waals surface area contributed by atoms with E-state index in [4.69, 9.17) is 27.9 Å². The van der Waals surface area contributed by atoms with Gasteiger partial charge in [0.1, 0.15) is 0 Å². The van der Waals surface area contributed by atoms with Crippen molar-refractivity contribution in [3.63, 3.8) is 0 Å². The number of likely N-dealkylation sites (N-methyl/N-ethyl adjacent to an activating group) is 1. The zero-order chi connectivity index (χ0) is 27.4. The van der Waals surface area contributed by atoms with Crippen LogP contribution in [0.2, 0.25) is 10.0 Å². The number of nitrogens with zero attached hydrogens (tertiary/aromatic N) is 2. The fraction of sp³-hybridized carbons (Fsp3) is 0.333. The van der Waals surface area contributed by atoms with Crippen molar-refractivity contribution in [3.8, 4) is 11.1 Å². The van der Waals surface area contributed by atoms with Gasteiger partial charge in [0, 0.05) is 47.2 Å². The SMILES string of the molecule is C[C@@H]1CN([C@@H](C)CO)C(=O)c2ccccc2-c2ccccc2CO[C@@H]1CN(C)C(=O)c1cc(Cl)cc(Cl)c1. The molecular formula is C30H32Cl2N2O4. The normalized spacial score (nSPS) is 18.7. The van der Waals surface area contributed by atoms with Crippen molar-refractivity contribution in [1.82, 2.24) is 9.80 Å². The first-order valence-electron chi connectivity index (χ1n) is 12.6. The summed E-state index contributed by atoms with van der Waals surface area (Å²) in [7, 11) is 1.71. The maximum Gasteiger partial charge on any atom is 0.254 e. The van der Waals surface area contributed by atoms with Gasteiger partial charge in [0.2, 0.25) is 0 Å². The summed E-state index contributed by atoms with van der Waals surface area (Å²) in [6.07, 6.45) is -0.394. The molecule has 8 heteroatoms. The van der Waals surface area contributed by atoms with Gasteiger partial charge in [-0.3, -0.25) is 9.59 Å². The van der Waals surface area contributed by atoms with Crippen molar-refractivity contribution in [2.75, 3.05) is 26.7 Å². The maximum atomic E-state index is 13.9. The van der Waals surface area contributed by atoms with Gasteiger partial charge in [-0.15, -0.1) is 0 Å². The van der Waals surface area contributed by atoms with Crippen molar-refractivity contribution in [1.29, 1.82) is 0 Å². The molecule has 0 fully saturated rings. The molecule has 3 aromatic carbocycles. The van der Waals surface area contributed by atoms with Gasteiger partial charge in [0.05, 0.1) is 25.4 Å². The zero-order valence-electron chi connectivity index (χ0n) is 21.7. The van der Waals surface area contributed by atoms with Gasteiger partial charge >= 0.3 is 0 Å². The summed E-state index contributed by atoms with van der Waals surface area (Å²) in [6.45, 7) is 4.61. The molecule has 0 aromatic heterocycles. The first-order valence-corrected chi connectivity index (χ1v) is 13.4. The topological polar surface area (TPSA) is 70.1 Å². The Kier molecular flexibility index (Phi) is 9.11. The smallest absolute Gasteiger partial charge is 0.254 e. The van der Waals surface area contributed by atoms with E-state index < -0.39 is 12.1 Å². The van der Waals surface area contributed by atoms with Crippen molar-refractivity contribution in [3.05, 3.63) is 93.5 Å². The van der Waals surface area contributed by atoms with E-state index in [9.17, 15) is 14.7 Å². The van der Waals surface area contributed by atoms with E-state index in [1.807, 2.05) is 62.4 Å². The van der Waals surface area contributed by atoms with Crippen LogP contribution in [0.5, 0.6) is 0 Å². The molecule has 38 heavy (non-hydrogen) atoms. The summed E-state index contributed by atoms with van der Waals surface area (Å²) in [5.74, 6) is -0.532. The lowest BCUT2D eigenvalue weighted by molar-refractivity contribution is -0.0209. The quantitative estimate of drug-likeness (QED) is 0.433. The van der Waals surface area contributed by atoms with Crippen LogP contribution in [0, 0.1) is 5.92 Å². The Morgan fingerprint density at radius 1 is 1.05 bits per heavy atom.